The first-order chi connectivity index (χ1) is 19.7. The second-order valence-electron chi connectivity index (χ2n) is 9.35. The molecule has 3 rings (SSSR count). The topological polar surface area (TPSA) is 186 Å². The molecule has 0 aliphatic rings. The van der Waals surface area contributed by atoms with Crippen LogP contribution in [0.1, 0.15) is 18.1 Å². The minimum Gasteiger partial charge on any atom is -0.465 e. The van der Waals surface area contributed by atoms with Crippen LogP contribution < -0.4 is 11.1 Å². The molecule has 0 saturated carbocycles. The van der Waals surface area contributed by atoms with Gasteiger partial charge in [0.05, 0.1) is 17.8 Å². The molecule has 14 heteroatoms. The monoisotopic (exact) mass is 616 g/mol. The molecule has 0 fully saturated rings. The number of hydrogen-bond donors (Lipinski definition) is 3. The number of nitrogens with one attached hydrogen (secondary N) is 1. The summed E-state index contributed by atoms with van der Waals surface area (Å²) in [6.45, 7) is 0.888. The van der Waals surface area contributed by atoms with Crippen molar-refractivity contribution in [2.24, 2.45) is 10.9 Å². The van der Waals surface area contributed by atoms with Gasteiger partial charge >= 0.3 is 5.97 Å². The van der Waals surface area contributed by atoms with E-state index in [1.807, 2.05) is 0 Å². The van der Waals surface area contributed by atoms with Crippen LogP contribution in [0.15, 0.2) is 82.8 Å². The number of ether oxygens (including phenoxy) is 1. The average molecular weight is 617 g/mol. The lowest BCUT2D eigenvalue weighted by molar-refractivity contribution is -0.143. The van der Waals surface area contributed by atoms with Crippen LogP contribution in [-0.4, -0.2) is 75.8 Å². The molecule has 12 nitrogen and oxygen atoms in total. The molecule has 42 heavy (non-hydrogen) atoms. The van der Waals surface area contributed by atoms with E-state index in [1.54, 1.807) is 67.6 Å². The van der Waals surface area contributed by atoms with Crippen molar-refractivity contribution in [3.63, 3.8) is 0 Å². The molecule has 3 aromatic carbocycles. The third kappa shape index (κ3) is 8.38. The highest BCUT2D eigenvalue weighted by atomic mass is 32.2. The van der Waals surface area contributed by atoms with Gasteiger partial charge in [0, 0.05) is 23.1 Å². The number of nitrogens with zero attached hydrogens (tertiary/aromatic N) is 2. The fourth-order valence-corrected chi connectivity index (χ4v) is 6.13. The number of amidine groups is 1. The third-order valence-corrected chi connectivity index (χ3v) is 8.57. The molecule has 224 valence electrons. The smallest absolute Gasteiger partial charge is 0.321 e. The van der Waals surface area contributed by atoms with Gasteiger partial charge in [-0.1, -0.05) is 53.7 Å². The summed E-state index contributed by atoms with van der Waals surface area (Å²) >= 11 is 0. The van der Waals surface area contributed by atoms with E-state index in [-0.39, 0.29) is 23.8 Å². The van der Waals surface area contributed by atoms with E-state index in [2.05, 4.69) is 10.5 Å². The first-order valence-corrected chi connectivity index (χ1v) is 16.4. The van der Waals surface area contributed by atoms with E-state index < -0.39 is 44.3 Å². The van der Waals surface area contributed by atoms with Crippen molar-refractivity contribution in [2.75, 3.05) is 31.0 Å². The summed E-state index contributed by atoms with van der Waals surface area (Å²) in [5.41, 5.74) is 7.89. The van der Waals surface area contributed by atoms with Crippen LogP contribution in [-0.2, 0) is 40.6 Å². The minimum atomic E-state index is -4.10. The number of nitrogens with two attached hydrogens (primary N) is 1. The van der Waals surface area contributed by atoms with E-state index in [4.69, 9.17) is 15.7 Å². The summed E-state index contributed by atoms with van der Waals surface area (Å²) in [4.78, 5) is 26.1. The zero-order chi connectivity index (χ0) is 31.1. The largest absolute Gasteiger partial charge is 0.465 e. The Morgan fingerprint density at radius 3 is 2.26 bits per heavy atom. The standard InChI is InChI=1S/C28H32N4O8S2/c1-4-40-26(33)18-32(42(3,38)39)24(17-19-8-7-9-21(16-19)27(29)31-35)28(34)30-22-14-12-20(13-15-22)23-10-5-6-11-25(23)41(2,36)37/h5-16,24,35H,4,17-18H2,1-3H3,(H2,29,31)(H,30,34). The van der Waals surface area contributed by atoms with Crippen LogP contribution in [0, 0.1) is 0 Å². The Bertz CT molecular complexity index is 1690. The lowest BCUT2D eigenvalue weighted by Crippen LogP contribution is -2.50. The number of rotatable bonds is 12. The molecule has 0 aliphatic heterocycles. The maximum Gasteiger partial charge on any atom is 0.321 e. The van der Waals surface area contributed by atoms with Crippen molar-refractivity contribution in [2.45, 2.75) is 24.3 Å². The van der Waals surface area contributed by atoms with E-state index in [1.165, 1.54) is 12.1 Å². The molecule has 1 amide bonds. The molecule has 0 saturated heterocycles. The first kappa shape index (κ1) is 32.2. The van der Waals surface area contributed by atoms with Gasteiger partial charge in [0.15, 0.2) is 15.7 Å². The van der Waals surface area contributed by atoms with Gasteiger partial charge in [0.1, 0.15) is 12.6 Å². The average Bonchev–Trinajstić information content (AvgIpc) is 2.94. The van der Waals surface area contributed by atoms with E-state index in [0.29, 0.717) is 27.9 Å². The number of oxime groups is 1. The number of sulfone groups is 1. The second kappa shape index (κ2) is 13.6. The maximum atomic E-state index is 13.6. The molecule has 0 heterocycles. The summed E-state index contributed by atoms with van der Waals surface area (Å²) in [6.07, 6.45) is 1.84. The Balaban J connectivity index is 1.98. The lowest BCUT2D eigenvalue weighted by Gasteiger charge is -2.28. The molecule has 4 N–H and O–H groups in total. The fourth-order valence-electron chi connectivity index (χ4n) is 4.24. The van der Waals surface area contributed by atoms with Crippen molar-refractivity contribution < 1.29 is 36.4 Å². The van der Waals surface area contributed by atoms with Crippen molar-refractivity contribution in [1.29, 1.82) is 0 Å². The van der Waals surface area contributed by atoms with Gasteiger partial charge in [-0.05, 0) is 48.7 Å². The van der Waals surface area contributed by atoms with Crippen molar-refractivity contribution in [3.8, 4) is 11.1 Å². The Labute approximate surface area is 244 Å². The van der Waals surface area contributed by atoms with Gasteiger partial charge in [-0.2, -0.15) is 4.31 Å². The van der Waals surface area contributed by atoms with Gasteiger partial charge in [0.2, 0.25) is 15.9 Å². The number of carbonyl (C=O) groups excluding carboxylic acids is 2. The molecule has 3 aromatic rings. The van der Waals surface area contributed by atoms with Crippen LogP contribution >= 0.6 is 0 Å². The quantitative estimate of drug-likeness (QED) is 0.0902. The molecule has 0 aliphatic carbocycles. The zero-order valence-electron chi connectivity index (χ0n) is 23.2. The number of amides is 1. The number of sulfonamides is 1. The molecule has 0 aromatic heterocycles. The maximum absolute atomic E-state index is 13.6. The van der Waals surface area contributed by atoms with Crippen LogP contribution in [0.4, 0.5) is 5.69 Å². The molecular weight excluding hydrogens is 584 g/mol. The molecular formula is C28H32N4O8S2. The number of carbonyl (C=O) groups is 2. The van der Waals surface area contributed by atoms with Gasteiger partial charge in [-0.25, -0.2) is 16.8 Å². The van der Waals surface area contributed by atoms with E-state index >= 15 is 0 Å². The molecule has 1 unspecified atom stereocenters. The van der Waals surface area contributed by atoms with Crippen molar-refractivity contribution in [3.05, 3.63) is 83.9 Å². The van der Waals surface area contributed by atoms with Crippen LogP contribution in [0.25, 0.3) is 11.1 Å². The predicted octanol–water partition coefficient (Wildman–Crippen LogP) is 2.23. The van der Waals surface area contributed by atoms with Gasteiger partial charge in [0.25, 0.3) is 0 Å². The number of esters is 1. The first-order valence-electron chi connectivity index (χ1n) is 12.6. The molecule has 0 spiro atoms. The summed E-state index contributed by atoms with van der Waals surface area (Å²) < 4.78 is 55.8. The van der Waals surface area contributed by atoms with Gasteiger partial charge in [-0.15, -0.1) is 0 Å². The second-order valence-corrected chi connectivity index (χ2v) is 13.3. The lowest BCUT2D eigenvalue weighted by atomic mass is 10.0. The van der Waals surface area contributed by atoms with E-state index in [0.717, 1.165) is 16.8 Å². The summed E-state index contributed by atoms with van der Waals surface area (Å²) in [5, 5.41) is 14.7. The highest BCUT2D eigenvalue weighted by molar-refractivity contribution is 7.90. The van der Waals surface area contributed by atoms with Gasteiger partial charge in [-0.3, -0.25) is 9.59 Å². The normalized spacial score (nSPS) is 13.0. The minimum absolute atomic E-state index is 0.0178. The Morgan fingerprint density at radius 1 is 1.00 bits per heavy atom. The fraction of sp³-hybridized carbons (Fsp3) is 0.250. The molecule has 0 radical (unpaired) electrons. The number of benzene rings is 3. The molecule has 0 bridgehead atoms. The van der Waals surface area contributed by atoms with Crippen LogP contribution in [0.2, 0.25) is 0 Å². The van der Waals surface area contributed by atoms with Crippen molar-refractivity contribution in [1.82, 2.24) is 4.31 Å². The zero-order valence-corrected chi connectivity index (χ0v) is 24.9. The van der Waals surface area contributed by atoms with E-state index in [9.17, 15) is 26.4 Å². The predicted molar refractivity (Wildman–Crippen MR) is 158 cm³/mol. The molecule has 1 atom stereocenters. The van der Waals surface area contributed by atoms with Crippen LogP contribution in [0.3, 0.4) is 0 Å². The summed E-state index contributed by atoms with van der Waals surface area (Å²) in [5.74, 6) is -1.75. The highest BCUT2D eigenvalue weighted by Crippen LogP contribution is 2.28. The highest BCUT2D eigenvalue weighted by Gasteiger charge is 2.35. The Hall–Kier alpha value is -4.27. The summed E-state index contributed by atoms with van der Waals surface area (Å²) in [7, 11) is -7.60. The number of hydrogen-bond acceptors (Lipinski definition) is 9. The van der Waals surface area contributed by atoms with Crippen LogP contribution in [0.5, 0.6) is 0 Å². The number of anilines is 1. The Morgan fingerprint density at radius 2 is 1.67 bits per heavy atom. The van der Waals surface area contributed by atoms with Gasteiger partial charge < -0.3 is 21.0 Å². The van der Waals surface area contributed by atoms with Crippen molar-refractivity contribution >= 4 is 43.3 Å². The third-order valence-electron chi connectivity index (χ3n) is 6.18. The Kier molecular flexibility index (Phi) is 10.4. The summed E-state index contributed by atoms with van der Waals surface area (Å²) in [6, 6.07) is 17.8. The SMILES string of the molecule is CCOC(=O)CN(C(Cc1cccc(/C(N)=N/O)c1)C(=O)Nc1ccc(-c2ccccc2S(C)(=O)=O)cc1)S(C)(=O)=O.